The van der Waals surface area contributed by atoms with Crippen LogP contribution in [0.3, 0.4) is 0 Å². The number of carbonyl (C=O) groups excluding carboxylic acids is 2. The van der Waals surface area contributed by atoms with Crippen LogP contribution in [-0.2, 0) is 20.4 Å². The Labute approximate surface area is 226 Å². The minimum Gasteiger partial charge on any atom is -0.426 e. The highest BCUT2D eigenvalue weighted by Gasteiger charge is 2.68. The molecule has 2 aromatic rings. The van der Waals surface area contributed by atoms with Crippen molar-refractivity contribution < 1.29 is 19.1 Å². The number of benzene rings is 2. The molecule has 0 saturated heterocycles. The third-order valence-electron chi connectivity index (χ3n) is 9.85. The van der Waals surface area contributed by atoms with Crippen molar-refractivity contribution >= 4 is 11.9 Å². The topological polar surface area (TPSA) is 52.6 Å². The summed E-state index contributed by atoms with van der Waals surface area (Å²) in [5, 5.41) is 0. The van der Waals surface area contributed by atoms with E-state index in [1.165, 1.54) is 11.1 Å². The average molecular weight is 513 g/mol. The summed E-state index contributed by atoms with van der Waals surface area (Å²) < 4.78 is 11.9. The fraction of sp³-hybridized carbons (Fsp3) is 0.529. The molecule has 0 heterocycles. The Morgan fingerprint density at radius 2 is 0.974 bits per heavy atom. The summed E-state index contributed by atoms with van der Waals surface area (Å²) in [6.45, 7) is 13.0. The number of fused-ring (bicyclic) bond motifs is 9. The number of hydrogen-bond acceptors (Lipinski definition) is 4. The molecular formula is C34H40O4. The molecule has 200 valence electrons. The Kier molecular flexibility index (Phi) is 5.90. The summed E-state index contributed by atoms with van der Waals surface area (Å²) in [6, 6.07) is 15.6. The predicted octanol–water partition coefficient (Wildman–Crippen LogP) is 7.11. The van der Waals surface area contributed by atoms with Gasteiger partial charge in [0.1, 0.15) is 11.5 Å². The Morgan fingerprint density at radius 1 is 0.605 bits per heavy atom. The lowest BCUT2D eigenvalue weighted by Crippen LogP contribution is -2.46. The highest BCUT2D eigenvalue weighted by Crippen LogP contribution is 2.69. The first kappa shape index (κ1) is 25.4. The van der Waals surface area contributed by atoms with Gasteiger partial charge in [-0.05, 0) is 94.6 Å². The minimum absolute atomic E-state index is 0.0252. The number of ether oxygens (including phenoxy) is 2. The van der Waals surface area contributed by atoms with Crippen LogP contribution in [-0.4, -0.2) is 11.9 Å². The molecule has 0 aromatic heterocycles. The maximum atomic E-state index is 13.8. The van der Waals surface area contributed by atoms with Crippen molar-refractivity contribution in [1.29, 1.82) is 0 Å². The molecule has 0 aliphatic heterocycles. The highest BCUT2D eigenvalue weighted by atomic mass is 16.5. The number of hydrogen-bond donors (Lipinski definition) is 0. The third kappa shape index (κ3) is 4.21. The Bertz CT molecular complexity index is 1160. The van der Waals surface area contributed by atoms with Crippen LogP contribution in [0.4, 0.5) is 0 Å². The van der Waals surface area contributed by atoms with Crippen molar-refractivity contribution in [2.45, 2.75) is 65.2 Å². The standard InChI is InChI=1S/C34H40O4/c1-33(2,3)21-9-13-23(14-10-21)37-31(35)29-25-18-26(28-20-8-7-19(17-20)27(25)28)30(29)32(36)38-24-15-11-22(12-16-24)34(4,5)6/h7-16,19-20,25-30H,17-18H2,1-6H3. The maximum absolute atomic E-state index is 13.8. The Hall–Kier alpha value is -2.88. The van der Waals surface area contributed by atoms with E-state index >= 15 is 0 Å². The van der Waals surface area contributed by atoms with Crippen LogP contribution in [0.25, 0.3) is 0 Å². The smallest absolute Gasteiger partial charge is 0.315 e. The van der Waals surface area contributed by atoms with Crippen LogP contribution in [0.1, 0.15) is 65.5 Å². The molecule has 3 fully saturated rings. The zero-order valence-corrected chi connectivity index (χ0v) is 23.4. The second-order valence-corrected chi connectivity index (χ2v) is 14.1. The molecule has 6 rings (SSSR count). The monoisotopic (exact) mass is 512 g/mol. The van der Waals surface area contributed by atoms with Gasteiger partial charge in [0.25, 0.3) is 0 Å². The summed E-state index contributed by atoms with van der Waals surface area (Å²) >= 11 is 0. The van der Waals surface area contributed by atoms with Gasteiger partial charge in [-0.1, -0.05) is 78.0 Å². The van der Waals surface area contributed by atoms with E-state index in [2.05, 4.69) is 53.7 Å². The molecule has 4 aliphatic rings. The van der Waals surface area contributed by atoms with Crippen LogP contribution < -0.4 is 9.47 Å². The summed E-state index contributed by atoms with van der Waals surface area (Å²) in [5.41, 5.74) is 2.43. The third-order valence-corrected chi connectivity index (χ3v) is 9.85. The quantitative estimate of drug-likeness (QED) is 0.190. The van der Waals surface area contributed by atoms with Crippen molar-refractivity contribution in [3.8, 4) is 11.5 Å². The van der Waals surface area contributed by atoms with Crippen molar-refractivity contribution in [1.82, 2.24) is 0 Å². The number of carbonyl (C=O) groups is 2. The van der Waals surface area contributed by atoms with Gasteiger partial charge in [-0.15, -0.1) is 0 Å². The van der Waals surface area contributed by atoms with Crippen LogP contribution in [0.5, 0.6) is 11.5 Å². The highest BCUT2D eigenvalue weighted by molar-refractivity contribution is 5.86. The SMILES string of the molecule is CC(C)(C)c1ccc(OC(=O)C2C3CC(C2C(=O)Oc2ccc(C(C)(C)C)cc2)C2C4C=CC(C4)C32)cc1. The van der Waals surface area contributed by atoms with E-state index in [1.54, 1.807) is 0 Å². The van der Waals surface area contributed by atoms with Crippen molar-refractivity contribution in [3.05, 3.63) is 71.8 Å². The second-order valence-electron chi connectivity index (χ2n) is 14.1. The van der Waals surface area contributed by atoms with Gasteiger partial charge in [0, 0.05) is 0 Å². The largest absolute Gasteiger partial charge is 0.426 e. The van der Waals surface area contributed by atoms with E-state index in [-0.39, 0.29) is 34.6 Å². The molecule has 0 amide bonds. The van der Waals surface area contributed by atoms with Crippen molar-refractivity contribution in [2.24, 2.45) is 47.3 Å². The molecule has 4 heteroatoms. The van der Waals surface area contributed by atoms with Gasteiger partial charge in [0.05, 0.1) is 11.8 Å². The summed E-state index contributed by atoms with van der Waals surface area (Å²) in [5.74, 6) is 1.96. The predicted molar refractivity (Wildman–Crippen MR) is 148 cm³/mol. The van der Waals surface area contributed by atoms with Crippen molar-refractivity contribution in [3.63, 3.8) is 0 Å². The van der Waals surface area contributed by atoms with Gasteiger partial charge in [-0.3, -0.25) is 9.59 Å². The van der Waals surface area contributed by atoms with Gasteiger partial charge in [0.2, 0.25) is 0 Å². The summed E-state index contributed by atoms with van der Waals surface area (Å²) in [4.78, 5) is 27.5. The molecule has 3 saturated carbocycles. The van der Waals surface area contributed by atoms with Gasteiger partial charge < -0.3 is 9.47 Å². The Balaban J connectivity index is 1.25. The number of esters is 2. The molecule has 8 atom stereocenters. The molecule has 4 bridgehead atoms. The fourth-order valence-electron chi connectivity index (χ4n) is 8.09. The van der Waals surface area contributed by atoms with Crippen LogP contribution in [0.15, 0.2) is 60.7 Å². The van der Waals surface area contributed by atoms with E-state index in [1.807, 2.05) is 48.5 Å². The maximum Gasteiger partial charge on any atom is 0.315 e. The van der Waals surface area contributed by atoms with Crippen LogP contribution in [0, 0.1) is 47.3 Å². The summed E-state index contributed by atoms with van der Waals surface area (Å²) in [7, 11) is 0. The van der Waals surface area contributed by atoms with Gasteiger partial charge in [-0.2, -0.15) is 0 Å². The van der Waals surface area contributed by atoms with Gasteiger partial charge in [-0.25, -0.2) is 0 Å². The van der Waals surface area contributed by atoms with E-state index < -0.39 is 11.8 Å². The van der Waals surface area contributed by atoms with Crippen LogP contribution >= 0.6 is 0 Å². The first-order chi connectivity index (χ1) is 17.9. The van der Waals surface area contributed by atoms with Crippen LogP contribution in [0.2, 0.25) is 0 Å². The fourth-order valence-corrected chi connectivity index (χ4v) is 8.09. The molecule has 2 aromatic carbocycles. The van der Waals surface area contributed by atoms with Gasteiger partial charge >= 0.3 is 11.9 Å². The second kappa shape index (κ2) is 8.83. The lowest BCUT2D eigenvalue weighted by atomic mass is 9.65. The average Bonchev–Trinajstić information content (AvgIpc) is 3.62. The molecule has 0 spiro atoms. The number of rotatable bonds is 4. The molecule has 4 nitrogen and oxygen atoms in total. The lowest BCUT2D eigenvalue weighted by molar-refractivity contribution is -0.155. The normalized spacial score (nSPS) is 32.9. The Morgan fingerprint density at radius 3 is 1.32 bits per heavy atom. The number of allylic oxidation sites excluding steroid dienone is 2. The zero-order chi connectivity index (χ0) is 27.0. The molecule has 8 unspecified atom stereocenters. The molecular weight excluding hydrogens is 472 g/mol. The minimum atomic E-state index is -0.461. The zero-order valence-electron chi connectivity index (χ0n) is 23.4. The van der Waals surface area contributed by atoms with E-state index in [9.17, 15) is 9.59 Å². The van der Waals surface area contributed by atoms with E-state index in [0.29, 0.717) is 35.2 Å². The molecule has 4 aliphatic carbocycles. The van der Waals surface area contributed by atoms with Gasteiger partial charge in [0.15, 0.2) is 0 Å². The van der Waals surface area contributed by atoms with E-state index in [0.717, 1.165) is 12.8 Å². The molecule has 0 N–H and O–H groups in total. The van der Waals surface area contributed by atoms with Crippen molar-refractivity contribution in [2.75, 3.05) is 0 Å². The first-order valence-electron chi connectivity index (χ1n) is 14.2. The molecule has 0 radical (unpaired) electrons. The summed E-state index contributed by atoms with van der Waals surface area (Å²) in [6.07, 6.45) is 6.78. The van der Waals surface area contributed by atoms with E-state index in [4.69, 9.17) is 9.47 Å². The lowest BCUT2D eigenvalue weighted by Gasteiger charge is -2.39. The molecule has 38 heavy (non-hydrogen) atoms. The first-order valence-corrected chi connectivity index (χ1v) is 14.2.